The molecule has 0 heterocycles. The van der Waals surface area contributed by atoms with E-state index in [0.29, 0.717) is 0 Å². The normalized spacial score (nSPS) is 20.3. The third kappa shape index (κ3) is 10.1. The molecule has 4 nitrogen and oxygen atoms in total. The van der Waals surface area contributed by atoms with Gasteiger partial charge in [-0.25, -0.2) is 4.39 Å². The van der Waals surface area contributed by atoms with E-state index in [4.69, 9.17) is 10.5 Å². The van der Waals surface area contributed by atoms with Crippen LogP contribution in [0.4, 0.5) is 10.1 Å². The van der Waals surface area contributed by atoms with Gasteiger partial charge in [-0.3, -0.25) is 4.79 Å². The Balaban J connectivity index is 0.000000284. The molecule has 3 N–H and O–H groups in total. The Kier molecular flexibility index (Phi) is 10.4. The number of hydrogen-bond acceptors (Lipinski definition) is 3. The summed E-state index contributed by atoms with van der Waals surface area (Å²) in [6, 6.07) is 13.9. The van der Waals surface area contributed by atoms with E-state index in [1.165, 1.54) is 19.1 Å². The number of halogens is 1. The molecule has 0 atom stereocenters. The predicted molar refractivity (Wildman–Crippen MR) is 119 cm³/mol. The van der Waals surface area contributed by atoms with Crippen molar-refractivity contribution in [2.75, 3.05) is 5.32 Å². The van der Waals surface area contributed by atoms with Gasteiger partial charge >= 0.3 is 0 Å². The molecule has 1 amide bonds. The molecule has 0 unspecified atom stereocenters. The fraction of sp³-hybridized carbons (Fsp3) is 0.458. The third-order valence-corrected chi connectivity index (χ3v) is 4.53. The van der Waals surface area contributed by atoms with Crippen LogP contribution >= 0.6 is 0 Å². The number of nitrogens with one attached hydrogen (secondary N) is 1. The number of rotatable bonds is 3. The summed E-state index contributed by atoms with van der Waals surface area (Å²) in [5.74, 6) is 0.480. The Bertz CT molecular complexity index is 735. The number of carbonyl (C=O) groups excluding carboxylic acids is 1. The largest absolute Gasteiger partial charge is 0.490 e. The second-order valence-electron chi connectivity index (χ2n) is 7.48. The van der Waals surface area contributed by atoms with E-state index in [1.54, 1.807) is 12.1 Å². The van der Waals surface area contributed by atoms with Crippen molar-refractivity contribution in [2.24, 2.45) is 5.73 Å². The topological polar surface area (TPSA) is 64.4 Å². The number of nitrogens with two attached hydrogens (primary N) is 1. The molecule has 2 aromatic carbocycles. The van der Waals surface area contributed by atoms with Crippen molar-refractivity contribution >= 4 is 11.6 Å². The highest BCUT2D eigenvalue weighted by Gasteiger charge is 2.28. The van der Waals surface area contributed by atoms with Crippen molar-refractivity contribution in [1.29, 1.82) is 0 Å². The van der Waals surface area contributed by atoms with Crippen LogP contribution in [-0.4, -0.2) is 17.6 Å². The molecule has 29 heavy (non-hydrogen) atoms. The van der Waals surface area contributed by atoms with Crippen molar-refractivity contribution in [2.45, 2.75) is 71.9 Å². The van der Waals surface area contributed by atoms with Crippen molar-refractivity contribution in [3.63, 3.8) is 0 Å². The average molecular weight is 403 g/mol. The van der Waals surface area contributed by atoms with Gasteiger partial charge in [0.1, 0.15) is 11.6 Å². The van der Waals surface area contributed by atoms with E-state index in [-0.39, 0.29) is 23.4 Å². The second kappa shape index (κ2) is 12.2. The summed E-state index contributed by atoms with van der Waals surface area (Å²) in [7, 11) is 0. The van der Waals surface area contributed by atoms with Crippen LogP contribution in [0.1, 0.15) is 58.9 Å². The first kappa shape index (κ1) is 24.6. The summed E-state index contributed by atoms with van der Waals surface area (Å²) < 4.78 is 18.5. The van der Waals surface area contributed by atoms with Gasteiger partial charge in [0.2, 0.25) is 5.91 Å². The minimum absolute atomic E-state index is 0.0319. The monoisotopic (exact) mass is 402 g/mol. The first-order valence-electron chi connectivity index (χ1n) is 10.3. The molecule has 2 aromatic rings. The van der Waals surface area contributed by atoms with Crippen LogP contribution in [0, 0.1) is 12.7 Å². The summed E-state index contributed by atoms with van der Waals surface area (Å²) in [6.45, 7) is 9.58. The van der Waals surface area contributed by atoms with Crippen LogP contribution in [0.2, 0.25) is 0 Å². The lowest BCUT2D eigenvalue weighted by atomic mass is 9.83. The SMILES string of the molecule is CC.CC(=O)Nc1cccc(C)c1.CC1(N)CCC(Oc2ccc(F)cc2)CC1. The summed E-state index contributed by atoms with van der Waals surface area (Å²) in [5.41, 5.74) is 8.02. The van der Waals surface area contributed by atoms with Gasteiger partial charge in [0.15, 0.2) is 0 Å². The molecule has 0 saturated heterocycles. The molecule has 3 rings (SSSR count). The lowest BCUT2D eigenvalue weighted by Crippen LogP contribution is -2.42. The number of ether oxygens (including phenoxy) is 1. The van der Waals surface area contributed by atoms with E-state index in [1.807, 2.05) is 45.0 Å². The number of amides is 1. The molecule has 160 valence electrons. The Labute approximate surface area is 174 Å². The molecule has 0 spiro atoms. The van der Waals surface area contributed by atoms with E-state index >= 15 is 0 Å². The number of benzene rings is 2. The maximum absolute atomic E-state index is 12.7. The zero-order valence-electron chi connectivity index (χ0n) is 18.3. The minimum atomic E-state index is -0.231. The number of aryl methyl sites for hydroxylation is 1. The zero-order valence-corrected chi connectivity index (χ0v) is 18.3. The predicted octanol–water partition coefficient (Wildman–Crippen LogP) is 5.84. The molecule has 1 aliphatic rings. The van der Waals surface area contributed by atoms with Gasteiger partial charge in [-0.1, -0.05) is 26.0 Å². The van der Waals surface area contributed by atoms with Crippen LogP contribution in [0.5, 0.6) is 5.75 Å². The van der Waals surface area contributed by atoms with E-state index < -0.39 is 0 Å². The molecule has 0 aromatic heterocycles. The quantitative estimate of drug-likeness (QED) is 0.677. The maximum atomic E-state index is 12.7. The minimum Gasteiger partial charge on any atom is -0.490 e. The average Bonchev–Trinajstić information content (AvgIpc) is 2.67. The van der Waals surface area contributed by atoms with Gasteiger partial charge in [0, 0.05) is 18.2 Å². The van der Waals surface area contributed by atoms with Crippen molar-refractivity contribution in [1.82, 2.24) is 0 Å². The van der Waals surface area contributed by atoms with Crippen molar-refractivity contribution in [3.05, 3.63) is 59.9 Å². The second-order valence-corrected chi connectivity index (χ2v) is 7.48. The van der Waals surface area contributed by atoms with Crippen LogP contribution in [0.25, 0.3) is 0 Å². The fourth-order valence-electron chi connectivity index (χ4n) is 3.00. The van der Waals surface area contributed by atoms with Crippen LogP contribution in [0.3, 0.4) is 0 Å². The van der Waals surface area contributed by atoms with Crippen molar-refractivity contribution in [3.8, 4) is 5.75 Å². The first-order chi connectivity index (χ1) is 13.7. The Morgan fingerprint density at radius 3 is 2.24 bits per heavy atom. The smallest absolute Gasteiger partial charge is 0.221 e. The summed E-state index contributed by atoms with van der Waals surface area (Å²) >= 11 is 0. The molecular weight excluding hydrogens is 367 g/mol. The Morgan fingerprint density at radius 1 is 1.14 bits per heavy atom. The first-order valence-corrected chi connectivity index (χ1v) is 10.3. The zero-order chi connectivity index (χ0) is 21.9. The van der Waals surface area contributed by atoms with E-state index in [9.17, 15) is 9.18 Å². The van der Waals surface area contributed by atoms with Gasteiger partial charge in [0.25, 0.3) is 0 Å². The maximum Gasteiger partial charge on any atom is 0.221 e. The molecule has 1 fully saturated rings. The third-order valence-electron chi connectivity index (χ3n) is 4.53. The standard InChI is InChI=1S/C13H18FNO.C9H11NO.C2H6/c1-13(15)8-6-12(7-9-13)16-11-4-2-10(14)3-5-11;1-7-4-3-5-9(6-7)10-8(2)11;1-2/h2-5,12H,6-9,15H2,1H3;3-6H,1-2H3,(H,10,11);1-2H3. The summed E-state index contributed by atoms with van der Waals surface area (Å²) in [6.07, 6.45) is 4.15. The lowest BCUT2D eigenvalue weighted by molar-refractivity contribution is -0.114. The molecule has 5 heteroatoms. The molecule has 1 saturated carbocycles. The van der Waals surface area contributed by atoms with Gasteiger partial charge < -0.3 is 15.8 Å². The van der Waals surface area contributed by atoms with Gasteiger partial charge in [0.05, 0.1) is 6.10 Å². The fourth-order valence-corrected chi connectivity index (χ4v) is 3.00. The number of carbonyl (C=O) groups is 1. The number of hydrogen-bond donors (Lipinski definition) is 2. The Hall–Kier alpha value is -2.40. The van der Waals surface area contributed by atoms with Gasteiger partial charge in [-0.15, -0.1) is 0 Å². The van der Waals surface area contributed by atoms with Gasteiger partial charge in [-0.2, -0.15) is 0 Å². The Morgan fingerprint density at radius 2 is 1.72 bits per heavy atom. The molecule has 0 aliphatic heterocycles. The van der Waals surface area contributed by atoms with E-state index in [2.05, 4.69) is 12.2 Å². The summed E-state index contributed by atoms with van der Waals surface area (Å²) in [5, 5.41) is 2.71. The molecule has 0 radical (unpaired) electrons. The number of anilines is 1. The highest BCUT2D eigenvalue weighted by atomic mass is 19.1. The van der Waals surface area contributed by atoms with Crippen LogP contribution in [0.15, 0.2) is 48.5 Å². The van der Waals surface area contributed by atoms with Gasteiger partial charge in [-0.05, 0) is 81.5 Å². The lowest BCUT2D eigenvalue weighted by Gasteiger charge is -2.34. The van der Waals surface area contributed by atoms with Crippen LogP contribution < -0.4 is 15.8 Å². The summed E-state index contributed by atoms with van der Waals surface area (Å²) in [4.78, 5) is 10.6. The highest BCUT2D eigenvalue weighted by Crippen LogP contribution is 2.28. The molecule has 1 aliphatic carbocycles. The highest BCUT2D eigenvalue weighted by molar-refractivity contribution is 5.88. The molecule has 0 bridgehead atoms. The molecular formula is C24H35FN2O2. The van der Waals surface area contributed by atoms with E-state index in [0.717, 1.165) is 42.7 Å². The van der Waals surface area contributed by atoms with Crippen molar-refractivity contribution < 1.29 is 13.9 Å². The van der Waals surface area contributed by atoms with Crippen LogP contribution in [-0.2, 0) is 4.79 Å².